The van der Waals surface area contributed by atoms with Crippen molar-refractivity contribution in [2.75, 3.05) is 23.3 Å². The first-order valence-corrected chi connectivity index (χ1v) is 10.3. The van der Waals surface area contributed by atoms with E-state index in [0.29, 0.717) is 18.9 Å². The van der Waals surface area contributed by atoms with E-state index in [0.717, 1.165) is 35.1 Å². The minimum absolute atomic E-state index is 0.0668. The minimum atomic E-state index is -0.198. The van der Waals surface area contributed by atoms with Gasteiger partial charge in [-0.1, -0.05) is 18.2 Å². The van der Waals surface area contributed by atoms with Crippen molar-refractivity contribution in [2.45, 2.75) is 32.7 Å². The average molecular weight is 406 g/mol. The quantitative estimate of drug-likeness (QED) is 0.700. The van der Waals surface area contributed by atoms with Gasteiger partial charge in [0.1, 0.15) is 0 Å². The van der Waals surface area contributed by atoms with Crippen LogP contribution in [0.25, 0.3) is 11.0 Å². The molecule has 0 spiro atoms. The maximum absolute atomic E-state index is 12.8. The fraction of sp³-hybridized carbons (Fsp3) is 0.348. The van der Waals surface area contributed by atoms with Gasteiger partial charge in [0.05, 0.1) is 11.0 Å². The highest BCUT2D eigenvalue weighted by Gasteiger charge is 2.24. The Hall–Kier alpha value is -3.35. The van der Waals surface area contributed by atoms with Gasteiger partial charge in [-0.2, -0.15) is 0 Å². The Morgan fingerprint density at radius 3 is 2.53 bits per heavy atom. The first-order chi connectivity index (χ1) is 14.4. The summed E-state index contributed by atoms with van der Waals surface area (Å²) < 4.78 is 1.65. The molecule has 4 rings (SSSR count). The van der Waals surface area contributed by atoms with E-state index < -0.39 is 0 Å². The van der Waals surface area contributed by atoms with Crippen LogP contribution < -0.4 is 21.1 Å². The van der Waals surface area contributed by atoms with Crippen LogP contribution in [0.15, 0.2) is 47.3 Å². The van der Waals surface area contributed by atoms with E-state index in [1.165, 1.54) is 5.56 Å². The number of amides is 2. The van der Waals surface area contributed by atoms with Crippen LogP contribution in [0.5, 0.6) is 0 Å². The topological polar surface area (TPSA) is 79.3 Å². The Balaban J connectivity index is 1.39. The SMILES string of the molecule is Cc1ccc(NC(=O)NC2CCN(c3nc4ccccc4n(C)c3=O)CC2)cc1C. The second-order valence-electron chi connectivity index (χ2n) is 7.95. The summed E-state index contributed by atoms with van der Waals surface area (Å²) in [4.78, 5) is 31.8. The van der Waals surface area contributed by atoms with Crippen LogP contribution in [0.1, 0.15) is 24.0 Å². The molecule has 1 aliphatic rings. The number of fused-ring (bicyclic) bond motifs is 1. The van der Waals surface area contributed by atoms with E-state index in [1.807, 2.05) is 61.2 Å². The predicted octanol–water partition coefficient (Wildman–Crippen LogP) is 3.34. The fourth-order valence-corrected chi connectivity index (χ4v) is 3.88. The Bertz CT molecular complexity index is 1150. The number of nitrogens with zero attached hydrogens (tertiary/aromatic N) is 3. The summed E-state index contributed by atoms with van der Waals surface area (Å²) in [5.74, 6) is 0.481. The van der Waals surface area contributed by atoms with Gasteiger partial charge in [-0.05, 0) is 62.1 Å². The first kappa shape index (κ1) is 19.9. The molecule has 30 heavy (non-hydrogen) atoms. The van der Waals surface area contributed by atoms with E-state index in [-0.39, 0.29) is 17.6 Å². The minimum Gasteiger partial charge on any atom is -0.352 e. The van der Waals surface area contributed by atoms with Crippen LogP contribution in [0, 0.1) is 13.8 Å². The Morgan fingerprint density at radius 2 is 1.80 bits per heavy atom. The lowest BCUT2D eigenvalue weighted by atomic mass is 10.1. The third-order valence-corrected chi connectivity index (χ3v) is 5.86. The van der Waals surface area contributed by atoms with Crippen molar-refractivity contribution in [2.24, 2.45) is 7.05 Å². The smallest absolute Gasteiger partial charge is 0.319 e. The van der Waals surface area contributed by atoms with Crippen molar-refractivity contribution >= 4 is 28.6 Å². The molecule has 3 aromatic rings. The van der Waals surface area contributed by atoms with Gasteiger partial charge >= 0.3 is 6.03 Å². The molecule has 0 radical (unpaired) electrons. The molecule has 0 aliphatic carbocycles. The highest BCUT2D eigenvalue weighted by Crippen LogP contribution is 2.19. The van der Waals surface area contributed by atoms with Crippen molar-refractivity contribution < 1.29 is 4.79 Å². The lowest BCUT2D eigenvalue weighted by Gasteiger charge is -2.33. The Morgan fingerprint density at radius 1 is 1.07 bits per heavy atom. The van der Waals surface area contributed by atoms with Gasteiger partial charge in [0.25, 0.3) is 5.56 Å². The monoisotopic (exact) mass is 405 g/mol. The molecule has 0 saturated carbocycles. The normalized spacial score (nSPS) is 14.7. The summed E-state index contributed by atoms with van der Waals surface area (Å²) in [6.45, 7) is 5.42. The molecule has 156 valence electrons. The van der Waals surface area contributed by atoms with Gasteiger partial charge in [0.15, 0.2) is 5.82 Å². The summed E-state index contributed by atoms with van der Waals surface area (Å²) >= 11 is 0. The zero-order chi connectivity index (χ0) is 21.3. The molecule has 2 amide bonds. The Kier molecular flexibility index (Phi) is 5.44. The molecule has 0 bridgehead atoms. The van der Waals surface area contributed by atoms with Crippen LogP contribution in [0.4, 0.5) is 16.3 Å². The lowest BCUT2D eigenvalue weighted by molar-refractivity contribution is 0.246. The Labute approximate surface area is 175 Å². The van der Waals surface area contributed by atoms with Gasteiger partial charge in [-0.3, -0.25) is 4.79 Å². The number of carbonyl (C=O) groups is 1. The zero-order valence-corrected chi connectivity index (χ0v) is 17.6. The number of anilines is 2. The van der Waals surface area contributed by atoms with Crippen LogP contribution >= 0.6 is 0 Å². The molecule has 0 atom stereocenters. The van der Waals surface area contributed by atoms with Crippen molar-refractivity contribution in [1.82, 2.24) is 14.9 Å². The number of hydrogen-bond donors (Lipinski definition) is 2. The van der Waals surface area contributed by atoms with E-state index in [1.54, 1.807) is 11.6 Å². The summed E-state index contributed by atoms with van der Waals surface area (Å²) in [7, 11) is 1.78. The number of piperidine rings is 1. The number of rotatable bonds is 3. The molecule has 7 nitrogen and oxygen atoms in total. The van der Waals surface area contributed by atoms with Gasteiger partial charge in [-0.25, -0.2) is 9.78 Å². The number of aromatic nitrogens is 2. The number of aryl methyl sites for hydroxylation is 3. The number of benzene rings is 2. The summed E-state index contributed by atoms with van der Waals surface area (Å²) in [6, 6.07) is 13.4. The van der Waals surface area contributed by atoms with Crippen molar-refractivity contribution in [3.63, 3.8) is 0 Å². The average Bonchev–Trinajstić information content (AvgIpc) is 2.74. The van der Waals surface area contributed by atoms with E-state index in [2.05, 4.69) is 15.6 Å². The number of nitrogens with one attached hydrogen (secondary N) is 2. The molecular weight excluding hydrogens is 378 g/mol. The molecule has 2 heterocycles. The summed E-state index contributed by atoms with van der Waals surface area (Å²) in [5.41, 5.74) is 4.67. The van der Waals surface area contributed by atoms with Gasteiger partial charge in [0.2, 0.25) is 0 Å². The highest BCUT2D eigenvalue weighted by atomic mass is 16.2. The van der Waals surface area contributed by atoms with Crippen LogP contribution in [-0.2, 0) is 7.05 Å². The van der Waals surface area contributed by atoms with Gasteiger partial charge in [0, 0.05) is 31.9 Å². The standard InChI is InChI=1S/C23H27N5O2/c1-15-8-9-18(14-16(15)2)25-23(30)24-17-10-12-28(13-11-17)21-22(29)27(3)20-7-5-4-6-19(20)26-21/h4-9,14,17H,10-13H2,1-3H3,(H2,24,25,30). The molecule has 2 aromatic carbocycles. The van der Waals surface area contributed by atoms with Crippen molar-refractivity contribution in [1.29, 1.82) is 0 Å². The number of para-hydroxylation sites is 2. The van der Waals surface area contributed by atoms with Gasteiger partial charge in [-0.15, -0.1) is 0 Å². The highest BCUT2D eigenvalue weighted by molar-refractivity contribution is 5.89. The van der Waals surface area contributed by atoms with Crippen LogP contribution in [-0.4, -0.2) is 34.7 Å². The fourth-order valence-electron chi connectivity index (χ4n) is 3.88. The predicted molar refractivity (Wildman–Crippen MR) is 120 cm³/mol. The number of hydrogen-bond acceptors (Lipinski definition) is 4. The molecule has 2 N–H and O–H groups in total. The van der Waals surface area contributed by atoms with Crippen molar-refractivity contribution in [3.8, 4) is 0 Å². The second-order valence-corrected chi connectivity index (χ2v) is 7.95. The van der Waals surface area contributed by atoms with Crippen LogP contribution in [0.3, 0.4) is 0 Å². The molecule has 1 aliphatic heterocycles. The van der Waals surface area contributed by atoms with E-state index >= 15 is 0 Å². The largest absolute Gasteiger partial charge is 0.352 e. The molecule has 1 aromatic heterocycles. The summed E-state index contributed by atoms with van der Waals surface area (Å²) in [6.07, 6.45) is 1.52. The maximum atomic E-state index is 12.8. The lowest BCUT2D eigenvalue weighted by Crippen LogP contribution is -2.47. The summed E-state index contributed by atoms with van der Waals surface area (Å²) in [5, 5.41) is 5.96. The van der Waals surface area contributed by atoms with E-state index in [4.69, 9.17) is 0 Å². The van der Waals surface area contributed by atoms with Gasteiger partial charge < -0.3 is 20.1 Å². The van der Waals surface area contributed by atoms with Crippen molar-refractivity contribution in [3.05, 3.63) is 63.9 Å². The maximum Gasteiger partial charge on any atom is 0.319 e. The number of urea groups is 1. The first-order valence-electron chi connectivity index (χ1n) is 10.3. The molecular formula is C23H27N5O2. The van der Waals surface area contributed by atoms with Crippen LogP contribution in [0.2, 0.25) is 0 Å². The second kappa shape index (κ2) is 8.18. The number of carbonyl (C=O) groups excluding carboxylic acids is 1. The third-order valence-electron chi connectivity index (χ3n) is 5.86. The third kappa shape index (κ3) is 4.01. The molecule has 1 fully saturated rings. The molecule has 1 saturated heterocycles. The van der Waals surface area contributed by atoms with E-state index in [9.17, 15) is 9.59 Å². The zero-order valence-electron chi connectivity index (χ0n) is 17.6. The molecule has 0 unspecified atom stereocenters. The molecule has 7 heteroatoms.